The monoisotopic (exact) mass is 382 g/mol. The second-order valence-electron chi connectivity index (χ2n) is 7.40. The van der Waals surface area contributed by atoms with Crippen LogP contribution in [0, 0.1) is 5.92 Å². The van der Waals surface area contributed by atoms with E-state index in [0.717, 1.165) is 30.2 Å². The van der Waals surface area contributed by atoms with Crippen molar-refractivity contribution in [3.05, 3.63) is 36.5 Å². The van der Waals surface area contributed by atoms with Crippen LogP contribution in [0.1, 0.15) is 19.3 Å². The predicted octanol–water partition coefficient (Wildman–Crippen LogP) is 2.73. The highest BCUT2D eigenvalue weighted by molar-refractivity contribution is 5.92. The van der Waals surface area contributed by atoms with Crippen LogP contribution in [0.2, 0.25) is 0 Å². The largest absolute Gasteiger partial charge is 0.381 e. The molecule has 2 fully saturated rings. The number of hydrogen-bond donors (Lipinski definition) is 1. The van der Waals surface area contributed by atoms with Crippen molar-refractivity contribution in [2.45, 2.75) is 19.3 Å². The number of amides is 3. The molecule has 0 saturated carbocycles. The number of rotatable bonds is 2. The molecule has 28 heavy (non-hydrogen) atoms. The topological polar surface area (TPSA) is 74.8 Å². The average Bonchev–Trinajstić information content (AvgIpc) is 3.00. The number of carbonyl (C=O) groups excluding carboxylic acids is 2. The van der Waals surface area contributed by atoms with Crippen molar-refractivity contribution < 1.29 is 14.3 Å². The van der Waals surface area contributed by atoms with Gasteiger partial charge in [-0.05, 0) is 31.4 Å². The van der Waals surface area contributed by atoms with Crippen molar-refractivity contribution >= 4 is 28.5 Å². The summed E-state index contributed by atoms with van der Waals surface area (Å²) in [5, 5.41) is 3.93. The van der Waals surface area contributed by atoms with E-state index < -0.39 is 0 Å². The van der Waals surface area contributed by atoms with E-state index >= 15 is 0 Å². The molecule has 2 saturated heterocycles. The lowest BCUT2D eigenvalue weighted by Crippen LogP contribution is -2.42. The molecule has 7 heteroatoms. The summed E-state index contributed by atoms with van der Waals surface area (Å²) in [5.74, 6) is 0.280. The Morgan fingerprint density at radius 3 is 2.64 bits per heavy atom. The highest BCUT2D eigenvalue weighted by Gasteiger charge is 2.28. The number of fused-ring (bicyclic) bond motifs is 1. The minimum atomic E-state index is -0.141. The van der Waals surface area contributed by atoms with Gasteiger partial charge in [-0.25, -0.2) is 4.79 Å². The minimum Gasteiger partial charge on any atom is -0.381 e. The number of nitrogens with one attached hydrogen (secondary N) is 1. The molecule has 1 N–H and O–H groups in total. The van der Waals surface area contributed by atoms with Gasteiger partial charge in [-0.15, -0.1) is 0 Å². The second-order valence-corrected chi connectivity index (χ2v) is 7.40. The molecule has 0 aliphatic carbocycles. The van der Waals surface area contributed by atoms with Gasteiger partial charge in [0.25, 0.3) is 0 Å². The molecule has 3 amide bonds. The maximum Gasteiger partial charge on any atom is 0.321 e. The zero-order valence-electron chi connectivity index (χ0n) is 16.0. The van der Waals surface area contributed by atoms with Gasteiger partial charge in [-0.2, -0.15) is 0 Å². The molecule has 0 unspecified atom stereocenters. The number of pyridine rings is 1. The SMILES string of the molecule is O=C(Nc1cnc2ccccc2c1)N1CCCN(C(=O)C2CCOCC2)CC1. The molecule has 7 nitrogen and oxygen atoms in total. The quantitative estimate of drug-likeness (QED) is 0.867. The van der Waals surface area contributed by atoms with Gasteiger partial charge in [0.2, 0.25) is 5.91 Å². The lowest BCUT2D eigenvalue weighted by molar-refractivity contribution is -0.138. The predicted molar refractivity (Wildman–Crippen MR) is 107 cm³/mol. The minimum absolute atomic E-state index is 0.0674. The number of hydrogen-bond acceptors (Lipinski definition) is 4. The number of ether oxygens (including phenoxy) is 1. The van der Waals surface area contributed by atoms with E-state index in [1.165, 1.54) is 0 Å². The van der Waals surface area contributed by atoms with E-state index in [0.29, 0.717) is 45.1 Å². The van der Waals surface area contributed by atoms with Gasteiger partial charge in [-0.1, -0.05) is 18.2 Å². The molecule has 2 aliphatic heterocycles. The lowest BCUT2D eigenvalue weighted by atomic mass is 9.98. The molecule has 3 heterocycles. The number of anilines is 1. The Hall–Kier alpha value is -2.67. The molecule has 2 aromatic rings. The van der Waals surface area contributed by atoms with E-state index in [2.05, 4.69) is 10.3 Å². The summed E-state index contributed by atoms with van der Waals surface area (Å²) in [7, 11) is 0. The van der Waals surface area contributed by atoms with Gasteiger partial charge in [0.15, 0.2) is 0 Å². The average molecular weight is 382 g/mol. The maximum absolute atomic E-state index is 12.7. The molecule has 0 bridgehead atoms. The molecule has 0 atom stereocenters. The number of urea groups is 1. The number of para-hydroxylation sites is 1. The van der Waals surface area contributed by atoms with Gasteiger partial charge in [-0.3, -0.25) is 9.78 Å². The first-order chi connectivity index (χ1) is 13.7. The Labute approximate surface area is 164 Å². The van der Waals surface area contributed by atoms with Crippen LogP contribution >= 0.6 is 0 Å². The van der Waals surface area contributed by atoms with E-state index in [-0.39, 0.29) is 17.9 Å². The first-order valence-electron chi connectivity index (χ1n) is 9.98. The summed E-state index contributed by atoms with van der Waals surface area (Å²) in [5.41, 5.74) is 1.58. The Morgan fingerprint density at radius 2 is 1.79 bits per heavy atom. The first kappa shape index (κ1) is 18.7. The van der Waals surface area contributed by atoms with Crippen molar-refractivity contribution in [3.63, 3.8) is 0 Å². The van der Waals surface area contributed by atoms with Crippen molar-refractivity contribution in [1.29, 1.82) is 0 Å². The van der Waals surface area contributed by atoms with Gasteiger partial charge in [0, 0.05) is 50.7 Å². The molecule has 1 aromatic heterocycles. The smallest absolute Gasteiger partial charge is 0.321 e. The summed E-state index contributed by atoms with van der Waals surface area (Å²) in [6.45, 7) is 3.81. The summed E-state index contributed by atoms with van der Waals surface area (Å²) in [6, 6.07) is 9.60. The van der Waals surface area contributed by atoms with Crippen molar-refractivity contribution in [2.75, 3.05) is 44.7 Å². The number of benzene rings is 1. The summed E-state index contributed by atoms with van der Waals surface area (Å²) in [6.07, 6.45) is 4.07. The summed E-state index contributed by atoms with van der Waals surface area (Å²) >= 11 is 0. The van der Waals surface area contributed by atoms with Crippen LogP contribution in [0.4, 0.5) is 10.5 Å². The zero-order valence-corrected chi connectivity index (χ0v) is 16.0. The maximum atomic E-state index is 12.7. The van der Waals surface area contributed by atoms with Crippen LogP contribution in [-0.2, 0) is 9.53 Å². The molecule has 148 valence electrons. The van der Waals surface area contributed by atoms with Crippen LogP contribution in [-0.4, -0.2) is 66.1 Å². The van der Waals surface area contributed by atoms with E-state index in [1.807, 2.05) is 35.2 Å². The summed E-state index contributed by atoms with van der Waals surface area (Å²) in [4.78, 5) is 33.5. The Bertz CT molecular complexity index is 850. The molecular weight excluding hydrogens is 356 g/mol. The third-order valence-corrected chi connectivity index (χ3v) is 5.51. The van der Waals surface area contributed by atoms with E-state index in [1.54, 1.807) is 11.1 Å². The molecule has 4 rings (SSSR count). The van der Waals surface area contributed by atoms with Gasteiger partial charge < -0.3 is 19.9 Å². The van der Waals surface area contributed by atoms with Gasteiger partial charge in [0.05, 0.1) is 17.4 Å². The third-order valence-electron chi connectivity index (χ3n) is 5.51. The Morgan fingerprint density at radius 1 is 1.04 bits per heavy atom. The fraction of sp³-hybridized carbons (Fsp3) is 0.476. The number of aromatic nitrogens is 1. The van der Waals surface area contributed by atoms with Gasteiger partial charge >= 0.3 is 6.03 Å². The zero-order chi connectivity index (χ0) is 19.3. The second kappa shape index (κ2) is 8.56. The number of carbonyl (C=O) groups is 2. The highest BCUT2D eigenvalue weighted by Crippen LogP contribution is 2.20. The number of nitrogens with zero attached hydrogens (tertiary/aromatic N) is 3. The first-order valence-corrected chi connectivity index (χ1v) is 9.98. The van der Waals surface area contributed by atoms with Crippen LogP contribution in [0.3, 0.4) is 0 Å². The molecule has 0 spiro atoms. The summed E-state index contributed by atoms with van der Waals surface area (Å²) < 4.78 is 5.36. The van der Waals surface area contributed by atoms with Crippen LogP contribution in [0.15, 0.2) is 36.5 Å². The van der Waals surface area contributed by atoms with Crippen LogP contribution in [0.25, 0.3) is 10.9 Å². The lowest BCUT2D eigenvalue weighted by Gasteiger charge is -2.28. The van der Waals surface area contributed by atoms with Crippen LogP contribution < -0.4 is 5.32 Å². The molecule has 2 aliphatic rings. The standard InChI is InChI=1S/C21H26N4O3/c26-20(16-6-12-28-13-7-16)24-8-3-9-25(11-10-24)21(27)23-18-14-17-4-1-2-5-19(17)22-15-18/h1-2,4-5,14-16H,3,6-13H2,(H,23,27). The highest BCUT2D eigenvalue weighted by atomic mass is 16.5. The van der Waals surface area contributed by atoms with Gasteiger partial charge in [0.1, 0.15) is 0 Å². The Kier molecular flexibility index (Phi) is 5.71. The van der Waals surface area contributed by atoms with Crippen molar-refractivity contribution in [1.82, 2.24) is 14.8 Å². The van der Waals surface area contributed by atoms with Crippen LogP contribution in [0.5, 0.6) is 0 Å². The van der Waals surface area contributed by atoms with E-state index in [4.69, 9.17) is 4.74 Å². The van der Waals surface area contributed by atoms with Crippen molar-refractivity contribution in [3.8, 4) is 0 Å². The Balaban J connectivity index is 1.35. The molecular formula is C21H26N4O3. The van der Waals surface area contributed by atoms with Crippen molar-refractivity contribution in [2.24, 2.45) is 5.92 Å². The third kappa shape index (κ3) is 4.25. The molecule has 1 aromatic carbocycles. The fourth-order valence-electron chi connectivity index (χ4n) is 3.89. The normalized spacial score (nSPS) is 18.7. The van der Waals surface area contributed by atoms with E-state index in [9.17, 15) is 9.59 Å². The fourth-order valence-corrected chi connectivity index (χ4v) is 3.89. The molecule has 0 radical (unpaired) electrons.